The molecule has 0 radical (unpaired) electrons. The highest BCUT2D eigenvalue weighted by molar-refractivity contribution is 5.90. The number of nitrogens with two attached hydrogens (primary N) is 1. The topological polar surface area (TPSA) is 106 Å². The molecular weight excluding hydrogens is 323 g/mol. The van der Waals surface area contributed by atoms with Gasteiger partial charge in [0, 0.05) is 29.9 Å². The Labute approximate surface area is 143 Å². The number of rotatable bonds is 3. The molecule has 0 aliphatic heterocycles. The van der Waals surface area contributed by atoms with Crippen molar-refractivity contribution in [2.45, 2.75) is 13.8 Å². The molecule has 0 aliphatic rings. The lowest BCUT2D eigenvalue weighted by Crippen LogP contribution is -2.20. The molecule has 4 N–H and O–H groups in total. The van der Waals surface area contributed by atoms with Crippen LogP contribution in [-0.4, -0.2) is 28.0 Å². The fraction of sp³-hybridized carbons (Fsp3) is 0.176. The molecule has 128 valence electrons. The second-order valence-electron chi connectivity index (χ2n) is 5.61. The standard InChI is InChI=1S/C17H17FN6O/c1-8-4-13(18)14(23-16(19)25)6-11(8)12-5-10-7-21-17(20-3)24-15(10)22-9(12)2/h4-7H,1-3H3,(H3,19,23,25)(H,20,21,22,24). The average molecular weight is 340 g/mol. The summed E-state index contributed by atoms with van der Waals surface area (Å²) in [5.74, 6) is -0.0634. The third kappa shape index (κ3) is 3.18. The highest BCUT2D eigenvalue weighted by Gasteiger charge is 2.14. The molecule has 0 spiro atoms. The second kappa shape index (κ2) is 6.31. The zero-order valence-electron chi connectivity index (χ0n) is 14.0. The van der Waals surface area contributed by atoms with Gasteiger partial charge in [0.05, 0.1) is 5.69 Å². The molecule has 2 amide bonds. The molecule has 0 saturated heterocycles. The van der Waals surface area contributed by atoms with Gasteiger partial charge in [-0.1, -0.05) is 0 Å². The summed E-state index contributed by atoms with van der Waals surface area (Å²) in [5, 5.41) is 5.92. The van der Waals surface area contributed by atoms with E-state index in [2.05, 4.69) is 25.6 Å². The lowest BCUT2D eigenvalue weighted by molar-refractivity contribution is 0.259. The number of hydrogen-bond donors (Lipinski definition) is 3. The van der Waals surface area contributed by atoms with Crippen LogP contribution in [0.15, 0.2) is 24.4 Å². The zero-order chi connectivity index (χ0) is 18.1. The maximum Gasteiger partial charge on any atom is 0.316 e. The van der Waals surface area contributed by atoms with Crippen LogP contribution in [0.3, 0.4) is 0 Å². The largest absolute Gasteiger partial charge is 0.357 e. The first-order chi connectivity index (χ1) is 11.9. The summed E-state index contributed by atoms with van der Waals surface area (Å²) in [5.41, 5.74) is 8.68. The van der Waals surface area contributed by atoms with Crippen molar-refractivity contribution in [1.29, 1.82) is 0 Å². The van der Waals surface area contributed by atoms with Gasteiger partial charge in [-0.3, -0.25) is 0 Å². The number of urea groups is 1. The second-order valence-corrected chi connectivity index (χ2v) is 5.61. The number of carbonyl (C=O) groups excluding carboxylic acids is 1. The minimum atomic E-state index is -0.824. The number of halogens is 1. The maximum absolute atomic E-state index is 14.0. The number of fused-ring (bicyclic) bond motifs is 1. The van der Waals surface area contributed by atoms with Crippen LogP contribution in [0, 0.1) is 19.7 Å². The van der Waals surface area contributed by atoms with Crippen molar-refractivity contribution in [1.82, 2.24) is 15.0 Å². The minimum absolute atomic E-state index is 0.0226. The molecule has 0 bridgehead atoms. The molecule has 3 rings (SSSR count). The van der Waals surface area contributed by atoms with Gasteiger partial charge >= 0.3 is 6.03 Å². The summed E-state index contributed by atoms with van der Waals surface area (Å²) in [6, 6.07) is 3.97. The summed E-state index contributed by atoms with van der Waals surface area (Å²) < 4.78 is 14.0. The Morgan fingerprint density at radius 3 is 2.60 bits per heavy atom. The van der Waals surface area contributed by atoms with Crippen molar-refractivity contribution >= 4 is 28.7 Å². The van der Waals surface area contributed by atoms with Gasteiger partial charge in [-0.05, 0) is 43.2 Å². The number of hydrogen-bond acceptors (Lipinski definition) is 5. The van der Waals surface area contributed by atoms with Gasteiger partial charge in [0.15, 0.2) is 5.65 Å². The Kier molecular flexibility index (Phi) is 4.18. The van der Waals surface area contributed by atoms with Crippen molar-refractivity contribution in [3.05, 3.63) is 41.5 Å². The average Bonchev–Trinajstić information content (AvgIpc) is 2.56. The van der Waals surface area contributed by atoms with Crippen molar-refractivity contribution in [3.63, 3.8) is 0 Å². The molecule has 2 aromatic heterocycles. The number of aromatic nitrogens is 3. The maximum atomic E-state index is 14.0. The van der Waals surface area contributed by atoms with E-state index in [0.29, 0.717) is 17.2 Å². The van der Waals surface area contributed by atoms with Crippen molar-refractivity contribution in [3.8, 4) is 11.1 Å². The molecule has 0 atom stereocenters. The Morgan fingerprint density at radius 2 is 1.92 bits per heavy atom. The smallest absolute Gasteiger partial charge is 0.316 e. The number of aryl methyl sites for hydroxylation is 2. The number of nitrogens with one attached hydrogen (secondary N) is 2. The van der Waals surface area contributed by atoms with Crippen molar-refractivity contribution in [2.75, 3.05) is 17.7 Å². The summed E-state index contributed by atoms with van der Waals surface area (Å²) >= 11 is 0. The normalized spacial score (nSPS) is 10.7. The molecule has 0 saturated carbocycles. The van der Waals surface area contributed by atoms with Crippen LogP contribution in [0.2, 0.25) is 0 Å². The summed E-state index contributed by atoms with van der Waals surface area (Å²) in [6.07, 6.45) is 1.67. The molecule has 0 aliphatic carbocycles. The van der Waals surface area contributed by atoms with Gasteiger partial charge in [0.2, 0.25) is 5.95 Å². The van der Waals surface area contributed by atoms with Gasteiger partial charge in [0.1, 0.15) is 5.82 Å². The highest BCUT2D eigenvalue weighted by atomic mass is 19.1. The predicted octanol–water partition coefficient (Wildman–Crippen LogP) is 2.98. The SMILES string of the molecule is CNc1ncc2cc(-c3cc(NC(N)=O)c(F)cc3C)c(C)nc2n1. The molecule has 7 nitrogen and oxygen atoms in total. The number of nitrogens with zero attached hydrogens (tertiary/aromatic N) is 3. The van der Waals surface area contributed by atoms with Gasteiger partial charge in [-0.2, -0.15) is 4.98 Å². The monoisotopic (exact) mass is 340 g/mol. The van der Waals surface area contributed by atoms with E-state index in [0.717, 1.165) is 22.2 Å². The molecular formula is C17H17FN6O. The number of primary amides is 1. The molecule has 8 heteroatoms. The Morgan fingerprint density at radius 1 is 1.16 bits per heavy atom. The fourth-order valence-corrected chi connectivity index (χ4v) is 2.64. The van der Waals surface area contributed by atoms with Crippen LogP contribution < -0.4 is 16.4 Å². The first-order valence-electron chi connectivity index (χ1n) is 7.58. The van der Waals surface area contributed by atoms with E-state index in [1.54, 1.807) is 26.2 Å². The molecule has 1 aromatic carbocycles. The lowest BCUT2D eigenvalue weighted by Gasteiger charge is -2.13. The van der Waals surface area contributed by atoms with E-state index < -0.39 is 11.8 Å². The number of amides is 2. The van der Waals surface area contributed by atoms with Crippen LogP contribution in [0.4, 0.5) is 20.8 Å². The van der Waals surface area contributed by atoms with Gasteiger partial charge < -0.3 is 16.4 Å². The quantitative estimate of drug-likeness (QED) is 0.680. The van der Waals surface area contributed by atoms with Gasteiger partial charge in [0.25, 0.3) is 0 Å². The number of carbonyl (C=O) groups is 1. The van der Waals surface area contributed by atoms with Gasteiger partial charge in [-0.15, -0.1) is 0 Å². The number of anilines is 2. The molecule has 25 heavy (non-hydrogen) atoms. The number of benzene rings is 1. The highest BCUT2D eigenvalue weighted by Crippen LogP contribution is 2.32. The third-order valence-electron chi connectivity index (χ3n) is 3.84. The first kappa shape index (κ1) is 16.6. The van der Waals surface area contributed by atoms with E-state index in [4.69, 9.17) is 5.73 Å². The fourth-order valence-electron chi connectivity index (χ4n) is 2.64. The van der Waals surface area contributed by atoms with Crippen molar-refractivity contribution < 1.29 is 9.18 Å². The predicted molar refractivity (Wildman–Crippen MR) is 95.0 cm³/mol. The molecule has 0 fully saturated rings. The molecule has 0 unspecified atom stereocenters. The van der Waals surface area contributed by atoms with Crippen LogP contribution in [0.5, 0.6) is 0 Å². The summed E-state index contributed by atoms with van der Waals surface area (Å²) in [4.78, 5) is 24.1. The lowest BCUT2D eigenvalue weighted by atomic mass is 9.97. The van der Waals surface area contributed by atoms with Gasteiger partial charge in [-0.25, -0.2) is 19.2 Å². The minimum Gasteiger partial charge on any atom is -0.357 e. The van der Waals surface area contributed by atoms with E-state index >= 15 is 0 Å². The third-order valence-corrected chi connectivity index (χ3v) is 3.84. The number of pyridine rings is 1. The zero-order valence-corrected chi connectivity index (χ0v) is 14.0. The molecule has 2 heterocycles. The molecule has 3 aromatic rings. The summed E-state index contributed by atoms with van der Waals surface area (Å²) in [7, 11) is 1.73. The van der Waals surface area contributed by atoms with E-state index in [1.807, 2.05) is 13.0 Å². The van der Waals surface area contributed by atoms with Crippen LogP contribution >= 0.6 is 0 Å². The Balaban J connectivity index is 2.18. The van der Waals surface area contributed by atoms with Crippen molar-refractivity contribution in [2.24, 2.45) is 5.73 Å². The summed E-state index contributed by atoms with van der Waals surface area (Å²) in [6.45, 7) is 3.64. The van der Waals surface area contributed by atoms with E-state index in [1.165, 1.54) is 6.07 Å². The van der Waals surface area contributed by atoms with E-state index in [-0.39, 0.29) is 5.69 Å². The van der Waals surface area contributed by atoms with Crippen LogP contribution in [-0.2, 0) is 0 Å². The van der Waals surface area contributed by atoms with Crippen LogP contribution in [0.25, 0.3) is 22.2 Å². The Hall–Kier alpha value is -3.29. The van der Waals surface area contributed by atoms with E-state index in [9.17, 15) is 9.18 Å². The Bertz CT molecular complexity index is 989. The first-order valence-corrected chi connectivity index (χ1v) is 7.58. The van der Waals surface area contributed by atoms with Crippen LogP contribution in [0.1, 0.15) is 11.3 Å².